The van der Waals surface area contributed by atoms with Crippen LogP contribution in [-0.4, -0.2) is 40.2 Å². The Morgan fingerprint density at radius 2 is 1.86 bits per heavy atom. The molecule has 0 aliphatic heterocycles. The number of nitrogens with one attached hydrogen (secondary N) is 1. The van der Waals surface area contributed by atoms with Gasteiger partial charge in [-0.05, 0) is 42.8 Å². The van der Waals surface area contributed by atoms with Gasteiger partial charge in [0.1, 0.15) is 0 Å². The van der Waals surface area contributed by atoms with Crippen molar-refractivity contribution in [1.29, 1.82) is 0 Å². The summed E-state index contributed by atoms with van der Waals surface area (Å²) in [6, 6.07) is 10.9. The molecule has 0 spiro atoms. The highest BCUT2D eigenvalue weighted by Gasteiger charge is 2.18. The van der Waals surface area contributed by atoms with Gasteiger partial charge in [-0.25, -0.2) is 13.2 Å². The van der Waals surface area contributed by atoms with E-state index in [1.807, 2.05) is 0 Å². The number of sulfonamides is 1. The van der Waals surface area contributed by atoms with Crippen molar-refractivity contribution < 1.29 is 22.7 Å². The quantitative estimate of drug-likeness (QED) is 0.604. The van der Waals surface area contributed by atoms with Crippen LogP contribution in [0, 0.1) is 0 Å². The fourth-order valence-electron chi connectivity index (χ4n) is 2.59. The lowest BCUT2D eigenvalue weighted by molar-refractivity contribution is -0.116. The normalized spacial score (nSPS) is 11.0. The van der Waals surface area contributed by atoms with E-state index in [-0.39, 0.29) is 35.9 Å². The van der Waals surface area contributed by atoms with Crippen LogP contribution in [0.5, 0.6) is 0 Å². The molecule has 0 atom stereocenters. The molecule has 0 heterocycles. The lowest BCUT2D eigenvalue weighted by Crippen LogP contribution is -2.31. The van der Waals surface area contributed by atoms with Gasteiger partial charge in [0.25, 0.3) is 0 Å². The highest BCUT2D eigenvalue weighted by Crippen LogP contribution is 2.23. The number of anilines is 2. The molecule has 0 aliphatic rings. The van der Waals surface area contributed by atoms with Crippen molar-refractivity contribution in [3.05, 3.63) is 58.1 Å². The summed E-state index contributed by atoms with van der Waals surface area (Å²) in [6.45, 7) is 0.112. The van der Waals surface area contributed by atoms with Crippen LogP contribution < -0.4 is 9.62 Å². The van der Waals surface area contributed by atoms with Crippen LogP contribution in [0.1, 0.15) is 23.2 Å². The second kappa shape index (κ2) is 9.96. The first kappa shape index (κ1) is 23.0. The van der Waals surface area contributed by atoms with Crippen molar-refractivity contribution in [2.75, 3.05) is 29.5 Å². The highest BCUT2D eigenvalue weighted by molar-refractivity contribution is 7.92. The number of amides is 1. The van der Waals surface area contributed by atoms with E-state index in [9.17, 15) is 18.0 Å². The van der Waals surface area contributed by atoms with E-state index >= 15 is 0 Å². The third-order valence-electron chi connectivity index (χ3n) is 3.92. The van der Waals surface area contributed by atoms with Crippen molar-refractivity contribution in [3.63, 3.8) is 0 Å². The molecule has 0 aliphatic carbocycles. The van der Waals surface area contributed by atoms with E-state index < -0.39 is 16.0 Å². The number of hydrogen-bond acceptors (Lipinski definition) is 5. The van der Waals surface area contributed by atoms with Crippen molar-refractivity contribution >= 4 is 56.5 Å². The van der Waals surface area contributed by atoms with E-state index in [0.29, 0.717) is 16.4 Å². The van der Waals surface area contributed by atoms with Gasteiger partial charge in [0.15, 0.2) is 0 Å². The van der Waals surface area contributed by atoms with Crippen LogP contribution in [0.2, 0.25) is 10.0 Å². The Morgan fingerprint density at radius 1 is 1.14 bits per heavy atom. The smallest absolute Gasteiger partial charge is 0.339 e. The van der Waals surface area contributed by atoms with Crippen molar-refractivity contribution in [3.8, 4) is 0 Å². The molecule has 0 bridgehead atoms. The highest BCUT2D eigenvalue weighted by atomic mass is 35.5. The zero-order valence-corrected chi connectivity index (χ0v) is 18.1. The first-order valence-electron chi connectivity index (χ1n) is 8.53. The van der Waals surface area contributed by atoms with Gasteiger partial charge in [-0.1, -0.05) is 29.3 Å². The molecule has 156 valence electrons. The van der Waals surface area contributed by atoms with E-state index in [2.05, 4.69) is 10.1 Å². The van der Waals surface area contributed by atoms with E-state index in [0.717, 1.165) is 6.26 Å². The van der Waals surface area contributed by atoms with Crippen molar-refractivity contribution in [2.45, 2.75) is 12.8 Å². The number of ether oxygens (including phenoxy) is 1. The minimum atomic E-state index is -3.54. The Labute approximate surface area is 179 Å². The summed E-state index contributed by atoms with van der Waals surface area (Å²) >= 11 is 11.9. The molecule has 0 fully saturated rings. The minimum absolute atomic E-state index is 0.0722. The molecule has 1 N–H and O–H groups in total. The Balaban J connectivity index is 2.00. The maximum atomic E-state index is 12.2. The van der Waals surface area contributed by atoms with Crippen LogP contribution in [0.15, 0.2) is 42.5 Å². The van der Waals surface area contributed by atoms with Gasteiger partial charge in [0, 0.05) is 23.7 Å². The molecule has 10 heteroatoms. The molecule has 1 amide bonds. The van der Waals surface area contributed by atoms with Gasteiger partial charge in [-0.3, -0.25) is 9.10 Å². The molecule has 0 unspecified atom stereocenters. The van der Waals surface area contributed by atoms with Gasteiger partial charge in [0.2, 0.25) is 15.9 Å². The predicted octanol–water partition coefficient (Wildman–Crippen LogP) is 3.96. The number of hydrogen-bond donors (Lipinski definition) is 1. The molecule has 2 aromatic carbocycles. The summed E-state index contributed by atoms with van der Waals surface area (Å²) < 4.78 is 30.0. The van der Waals surface area contributed by atoms with Crippen molar-refractivity contribution in [2.24, 2.45) is 0 Å². The largest absolute Gasteiger partial charge is 0.465 e. The predicted molar refractivity (Wildman–Crippen MR) is 114 cm³/mol. The molecule has 29 heavy (non-hydrogen) atoms. The maximum Gasteiger partial charge on any atom is 0.339 e. The molecular weight excluding hydrogens is 439 g/mol. The van der Waals surface area contributed by atoms with E-state index in [4.69, 9.17) is 23.2 Å². The average molecular weight is 459 g/mol. The zero-order chi connectivity index (χ0) is 21.6. The molecule has 0 aromatic heterocycles. The lowest BCUT2D eigenvalue weighted by atomic mass is 10.2. The van der Waals surface area contributed by atoms with E-state index in [1.165, 1.54) is 23.5 Å². The molecule has 0 saturated carbocycles. The number of nitrogens with zero attached hydrogens (tertiary/aromatic N) is 1. The van der Waals surface area contributed by atoms with Gasteiger partial charge < -0.3 is 10.1 Å². The molecule has 2 aromatic rings. The molecular formula is C19H20Cl2N2O5S. The standard InChI is InChI=1S/C19H20Cl2N2O5S/c1-28-19(25)16-12-14(8-9-17(16)21)22-18(24)7-4-10-23(29(2,26)27)15-6-3-5-13(20)11-15/h3,5-6,8-9,11-12H,4,7,10H2,1-2H3,(H,22,24). The number of esters is 1. The van der Waals surface area contributed by atoms with Crippen LogP contribution in [0.3, 0.4) is 0 Å². The van der Waals surface area contributed by atoms with Gasteiger partial charge in [-0.2, -0.15) is 0 Å². The summed E-state index contributed by atoms with van der Waals surface area (Å²) in [5, 5.41) is 3.28. The fourth-order valence-corrected chi connectivity index (χ4v) is 3.93. The van der Waals surface area contributed by atoms with Gasteiger partial charge in [-0.15, -0.1) is 0 Å². The van der Waals surface area contributed by atoms with Gasteiger partial charge in [0.05, 0.1) is 29.6 Å². The zero-order valence-electron chi connectivity index (χ0n) is 15.8. The number of carbonyl (C=O) groups excluding carboxylic acids is 2. The molecule has 2 rings (SSSR count). The lowest BCUT2D eigenvalue weighted by Gasteiger charge is -2.22. The average Bonchev–Trinajstić information content (AvgIpc) is 2.65. The Bertz CT molecular complexity index is 1010. The first-order valence-corrected chi connectivity index (χ1v) is 11.1. The summed E-state index contributed by atoms with van der Waals surface area (Å²) in [4.78, 5) is 23.9. The van der Waals surface area contributed by atoms with Crippen LogP contribution in [0.25, 0.3) is 0 Å². The Hall–Kier alpha value is -2.29. The summed E-state index contributed by atoms with van der Waals surface area (Å²) in [7, 11) is -2.30. The number of methoxy groups -OCH3 is 1. The van der Waals surface area contributed by atoms with Crippen LogP contribution >= 0.6 is 23.2 Å². The Morgan fingerprint density at radius 3 is 2.48 bits per heavy atom. The van der Waals surface area contributed by atoms with Crippen LogP contribution in [-0.2, 0) is 19.6 Å². The summed E-state index contributed by atoms with van der Waals surface area (Å²) in [6.07, 6.45) is 1.45. The van der Waals surface area contributed by atoms with E-state index in [1.54, 1.807) is 30.3 Å². The third kappa shape index (κ3) is 6.62. The second-order valence-corrected chi connectivity index (χ2v) is 8.90. The number of benzene rings is 2. The number of rotatable bonds is 8. The summed E-state index contributed by atoms with van der Waals surface area (Å²) in [5.74, 6) is -0.945. The van der Waals surface area contributed by atoms with Crippen LogP contribution in [0.4, 0.5) is 11.4 Å². The van der Waals surface area contributed by atoms with Crippen molar-refractivity contribution in [1.82, 2.24) is 0 Å². The third-order valence-corrected chi connectivity index (χ3v) is 5.68. The minimum Gasteiger partial charge on any atom is -0.465 e. The summed E-state index contributed by atoms with van der Waals surface area (Å²) in [5.41, 5.74) is 0.951. The monoisotopic (exact) mass is 458 g/mol. The molecule has 0 saturated heterocycles. The van der Waals surface area contributed by atoms with Gasteiger partial charge >= 0.3 is 5.97 Å². The number of halogens is 2. The SMILES string of the molecule is COC(=O)c1cc(NC(=O)CCCN(c2cccc(Cl)c2)S(C)(=O)=O)ccc1Cl. The number of carbonyl (C=O) groups is 2. The first-order chi connectivity index (χ1) is 13.6. The molecule has 7 nitrogen and oxygen atoms in total. The molecule has 0 radical (unpaired) electrons. The topological polar surface area (TPSA) is 92.8 Å². The Kier molecular flexibility index (Phi) is 7.89. The maximum absolute atomic E-state index is 12.2. The fraction of sp³-hybridized carbons (Fsp3) is 0.263. The second-order valence-electron chi connectivity index (χ2n) is 6.15.